The SMILES string of the molecule is CCCCCCCCCCCCCCCCOCC(O)CN(CCO)C(=O)OC(CC)CCCCC. The van der Waals surface area contributed by atoms with Crippen molar-refractivity contribution in [2.24, 2.45) is 0 Å². The molecule has 0 aliphatic carbocycles. The molecule has 6 nitrogen and oxygen atoms in total. The van der Waals surface area contributed by atoms with Gasteiger partial charge < -0.3 is 24.6 Å². The van der Waals surface area contributed by atoms with Crippen LogP contribution in [-0.4, -0.2) is 66.3 Å². The number of carbonyl (C=O) groups excluding carboxylic acids is 1. The van der Waals surface area contributed by atoms with E-state index in [0.717, 1.165) is 44.9 Å². The predicted octanol–water partition coefficient (Wildman–Crippen LogP) is 7.64. The third kappa shape index (κ3) is 22.4. The van der Waals surface area contributed by atoms with E-state index < -0.39 is 12.2 Å². The fourth-order valence-corrected chi connectivity index (χ4v) is 4.49. The average Bonchev–Trinajstić information content (AvgIpc) is 2.87. The number of ether oxygens (including phenoxy) is 2. The first kappa shape index (κ1) is 35.2. The molecule has 6 heteroatoms. The van der Waals surface area contributed by atoms with Crippen LogP contribution in [0.25, 0.3) is 0 Å². The van der Waals surface area contributed by atoms with Crippen LogP contribution in [-0.2, 0) is 9.47 Å². The van der Waals surface area contributed by atoms with Crippen LogP contribution < -0.4 is 0 Å². The first-order chi connectivity index (χ1) is 17.6. The molecule has 0 saturated carbocycles. The van der Waals surface area contributed by atoms with E-state index in [0.29, 0.717) is 6.61 Å². The highest BCUT2D eigenvalue weighted by Crippen LogP contribution is 2.14. The van der Waals surface area contributed by atoms with Gasteiger partial charge in [-0.1, -0.05) is 117 Å². The normalized spacial score (nSPS) is 13.0. The highest BCUT2D eigenvalue weighted by molar-refractivity contribution is 5.67. The lowest BCUT2D eigenvalue weighted by molar-refractivity contribution is 0.00257. The van der Waals surface area contributed by atoms with Crippen molar-refractivity contribution in [3.8, 4) is 0 Å². The molecule has 0 aromatic heterocycles. The van der Waals surface area contributed by atoms with Crippen LogP contribution in [0.15, 0.2) is 0 Å². The minimum absolute atomic E-state index is 0.112. The Labute approximate surface area is 223 Å². The van der Waals surface area contributed by atoms with Crippen molar-refractivity contribution in [2.45, 2.75) is 155 Å². The van der Waals surface area contributed by atoms with Gasteiger partial charge in [-0.15, -0.1) is 0 Å². The van der Waals surface area contributed by atoms with Gasteiger partial charge in [-0.3, -0.25) is 0 Å². The van der Waals surface area contributed by atoms with Crippen LogP contribution in [0.1, 0.15) is 143 Å². The second kappa shape index (κ2) is 27.2. The molecule has 0 aliphatic heterocycles. The summed E-state index contributed by atoms with van der Waals surface area (Å²) in [7, 11) is 0. The summed E-state index contributed by atoms with van der Waals surface area (Å²) < 4.78 is 11.3. The van der Waals surface area contributed by atoms with Gasteiger partial charge in [-0.25, -0.2) is 4.79 Å². The number of hydrogen-bond donors (Lipinski definition) is 2. The average molecular weight is 516 g/mol. The molecular weight excluding hydrogens is 454 g/mol. The zero-order chi connectivity index (χ0) is 26.7. The molecule has 0 fully saturated rings. The number of rotatable bonds is 27. The highest BCUT2D eigenvalue weighted by Gasteiger charge is 2.21. The molecule has 0 aliphatic rings. The number of aliphatic hydroxyl groups is 2. The van der Waals surface area contributed by atoms with Crippen LogP contribution in [0.3, 0.4) is 0 Å². The summed E-state index contributed by atoms with van der Waals surface area (Å²) in [5.41, 5.74) is 0. The van der Waals surface area contributed by atoms with Crippen LogP contribution in [0.5, 0.6) is 0 Å². The smallest absolute Gasteiger partial charge is 0.410 e. The van der Waals surface area contributed by atoms with E-state index in [1.165, 1.54) is 81.9 Å². The molecule has 1 amide bonds. The Morgan fingerprint density at radius 3 is 1.75 bits per heavy atom. The number of carbonyl (C=O) groups is 1. The first-order valence-corrected chi connectivity index (χ1v) is 15.4. The van der Waals surface area contributed by atoms with Gasteiger partial charge in [0.05, 0.1) is 25.9 Å². The van der Waals surface area contributed by atoms with Crippen molar-refractivity contribution >= 4 is 6.09 Å². The second-order valence-corrected chi connectivity index (χ2v) is 10.4. The maximum Gasteiger partial charge on any atom is 0.410 e. The van der Waals surface area contributed by atoms with Crippen LogP contribution in [0, 0.1) is 0 Å². The highest BCUT2D eigenvalue weighted by atomic mass is 16.6. The van der Waals surface area contributed by atoms with Crippen LogP contribution in [0.2, 0.25) is 0 Å². The van der Waals surface area contributed by atoms with Gasteiger partial charge in [0, 0.05) is 13.2 Å². The quantitative estimate of drug-likeness (QED) is 0.110. The molecule has 0 aromatic rings. The fraction of sp³-hybridized carbons (Fsp3) is 0.967. The Hall–Kier alpha value is -0.850. The first-order valence-electron chi connectivity index (χ1n) is 15.4. The van der Waals surface area contributed by atoms with Crippen molar-refractivity contribution < 1.29 is 24.5 Å². The lowest BCUT2D eigenvalue weighted by atomic mass is 10.0. The largest absolute Gasteiger partial charge is 0.446 e. The third-order valence-electron chi connectivity index (χ3n) is 6.86. The molecule has 0 radical (unpaired) electrons. The topological polar surface area (TPSA) is 79.2 Å². The van der Waals surface area contributed by atoms with Crippen LogP contribution >= 0.6 is 0 Å². The Morgan fingerprint density at radius 2 is 1.25 bits per heavy atom. The summed E-state index contributed by atoms with van der Waals surface area (Å²) in [5, 5.41) is 19.6. The zero-order valence-corrected chi connectivity index (χ0v) is 24.2. The number of nitrogens with zero attached hydrogens (tertiary/aromatic N) is 1. The number of hydrogen-bond acceptors (Lipinski definition) is 5. The molecule has 2 N–H and O–H groups in total. The van der Waals surface area contributed by atoms with Crippen molar-refractivity contribution in [1.29, 1.82) is 0 Å². The van der Waals surface area contributed by atoms with Gasteiger partial charge in [0.2, 0.25) is 0 Å². The van der Waals surface area contributed by atoms with E-state index in [1.54, 1.807) is 0 Å². The van der Waals surface area contributed by atoms with Crippen molar-refractivity contribution in [1.82, 2.24) is 4.90 Å². The maximum absolute atomic E-state index is 12.5. The minimum Gasteiger partial charge on any atom is -0.446 e. The van der Waals surface area contributed by atoms with Gasteiger partial charge >= 0.3 is 6.09 Å². The Morgan fingerprint density at radius 1 is 0.750 bits per heavy atom. The lowest BCUT2D eigenvalue weighted by Gasteiger charge is -2.26. The van der Waals surface area contributed by atoms with E-state index in [9.17, 15) is 15.0 Å². The fourth-order valence-electron chi connectivity index (χ4n) is 4.49. The van der Waals surface area contributed by atoms with Crippen LogP contribution in [0.4, 0.5) is 4.79 Å². The molecule has 0 aromatic carbocycles. The van der Waals surface area contributed by atoms with Crippen molar-refractivity contribution in [2.75, 3.05) is 32.9 Å². The third-order valence-corrected chi connectivity index (χ3v) is 6.86. The molecule has 2 atom stereocenters. The standard InChI is InChI=1S/C30H61NO5/c1-4-7-9-10-11-12-13-14-15-16-17-18-19-21-25-35-27-28(33)26-31(23-24-32)30(34)36-29(6-3)22-20-8-5-2/h28-29,32-33H,4-27H2,1-3H3. The molecule has 0 heterocycles. The van der Waals surface area contributed by atoms with E-state index in [1.807, 2.05) is 6.92 Å². The molecule has 216 valence electrons. The maximum atomic E-state index is 12.5. The summed E-state index contributed by atoms with van der Waals surface area (Å²) in [6.45, 7) is 7.37. The molecule has 2 unspecified atom stereocenters. The summed E-state index contributed by atoms with van der Waals surface area (Å²) in [6, 6.07) is 0. The zero-order valence-electron chi connectivity index (χ0n) is 24.2. The molecule has 0 bridgehead atoms. The Bertz CT molecular complexity index is 463. The van der Waals surface area contributed by atoms with Crippen molar-refractivity contribution in [3.05, 3.63) is 0 Å². The molecule has 0 saturated heterocycles. The van der Waals surface area contributed by atoms with Gasteiger partial charge in [0.1, 0.15) is 6.10 Å². The summed E-state index contributed by atoms with van der Waals surface area (Å²) >= 11 is 0. The Kier molecular flexibility index (Phi) is 26.5. The minimum atomic E-state index is -0.782. The summed E-state index contributed by atoms with van der Waals surface area (Å²) in [6.07, 6.45) is 22.1. The van der Waals surface area contributed by atoms with E-state index in [4.69, 9.17) is 9.47 Å². The molecule has 36 heavy (non-hydrogen) atoms. The number of aliphatic hydroxyl groups excluding tert-OH is 2. The predicted molar refractivity (Wildman–Crippen MR) is 150 cm³/mol. The van der Waals surface area contributed by atoms with Crippen molar-refractivity contribution in [3.63, 3.8) is 0 Å². The van der Waals surface area contributed by atoms with Gasteiger partial charge in [-0.2, -0.15) is 0 Å². The summed E-state index contributed by atoms with van der Waals surface area (Å²) in [4.78, 5) is 13.9. The van der Waals surface area contributed by atoms with E-state index in [-0.39, 0.29) is 32.4 Å². The lowest BCUT2D eigenvalue weighted by Crippen LogP contribution is -2.42. The molecular formula is C30H61NO5. The van der Waals surface area contributed by atoms with E-state index >= 15 is 0 Å². The van der Waals surface area contributed by atoms with Gasteiger partial charge in [0.15, 0.2) is 0 Å². The van der Waals surface area contributed by atoms with Gasteiger partial charge in [0.25, 0.3) is 0 Å². The summed E-state index contributed by atoms with van der Waals surface area (Å²) in [5.74, 6) is 0. The molecule has 0 spiro atoms. The Balaban J connectivity index is 3.77. The molecule has 0 rings (SSSR count). The van der Waals surface area contributed by atoms with E-state index in [2.05, 4.69) is 13.8 Å². The number of unbranched alkanes of at least 4 members (excludes halogenated alkanes) is 15. The number of amides is 1. The van der Waals surface area contributed by atoms with Gasteiger partial charge in [-0.05, 0) is 25.7 Å². The second-order valence-electron chi connectivity index (χ2n) is 10.4. The monoisotopic (exact) mass is 515 g/mol.